The predicted molar refractivity (Wildman–Crippen MR) is 112 cm³/mol. The molecule has 0 aliphatic carbocycles. The Labute approximate surface area is 165 Å². The fourth-order valence-corrected chi connectivity index (χ4v) is 4.01. The van der Waals surface area contributed by atoms with Crippen LogP contribution in [0, 0.1) is 6.92 Å². The predicted octanol–water partition coefficient (Wildman–Crippen LogP) is 4.98. The summed E-state index contributed by atoms with van der Waals surface area (Å²) in [6.07, 6.45) is 1.12. The maximum Gasteiger partial charge on any atom is 0.237 e. The molecule has 2 atom stereocenters. The van der Waals surface area contributed by atoms with Crippen LogP contribution in [0.3, 0.4) is 0 Å². The van der Waals surface area contributed by atoms with Crippen molar-refractivity contribution >= 4 is 23.4 Å². The first-order chi connectivity index (χ1) is 13.0. The van der Waals surface area contributed by atoms with Crippen molar-refractivity contribution < 1.29 is 14.3 Å². The highest BCUT2D eigenvalue weighted by Crippen LogP contribution is 2.37. The van der Waals surface area contributed by atoms with Crippen molar-refractivity contribution in [2.24, 2.45) is 0 Å². The van der Waals surface area contributed by atoms with E-state index in [1.807, 2.05) is 45.0 Å². The van der Waals surface area contributed by atoms with Gasteiger partial charge in [-0.05, 0) is 57.5 Å². The van der Waals surface area contributed by atoms with Crippen LogP contribution in [0.5, 0.6) is 11.5 Å². The molecule has 2 aromatic carbocycles. The fourth-order valence-electron chi connectivity index (χ4n) is 3.14. The summed E-state index contributed by atoms with van der Waals surface area (Å²) in [6.45, 7) is 8.63. The largest absolute Gasteiger partial charge is 0.494 e. The van der Waals surface area contributed by atoms with Gasteiger partial charge in [-0.15, -0.1) is 11.8 Å². The van der Waals surface area contributed by atoms with E-state index in [0.717, 1.165) is 34.7 Å². The van der Waals surface area contributed by atoms with Gasteiger partial charge in [0.2, 0.25) is 5.91 Å². The molecule has 0 radical (unpaired) electrons. The molecule has 0 saturated heterocycles. The zero-order valence-corrected chi connectivity index (χ0v) is 17.2. The van der Waals surface area contributed by atoms with Gasteiger partial charge in [-0.1, -0.05) is 12.1 Å². The number of carbonyl (C=O) groups is 1. The second-order valence-corrected chi connectivity index (χ2v) is 8.27. The highest BCUT2D eigenvalue weighted by atomic mass is 32.2. The third-order valence-electron chi connectivity index (χ3n) is 4.52. The van der Waals surface area contributed by atoms with E-state index in [2.05, 4.69) is 24.4 Å². The maximum absolute atomic E-state index is 12.5. The van der Waals surface area contributed by atoms with Crippen LogP contribution >= 0.6 is 11.8 Å². The summed E-state index contributed by atoms with van der Waals surface area (Å²) in [5, 5.41) is 2.82. The number of rotatable bonds is 7. The zero-order valence-electron chi connectivity index (χ0n) is 16.4. The Balaban J connectivity index is 1.65. The van der Waals surface area contributed by atoms with Gasteiger partial charge in [0.05, 0.1) is 11.9 Å². The molecular formula is C22H27NO3S. The van der Waals surface area contributed by atoms with Crippen molar-refractivity contribution in [1.82, 2.24) is 0 Å². The average Bonchev–Trinajstić information content (AvgIpc) is 2.98. The van der Waals surface area contributed by atoms with E-state index in [1.165, 1.54) is 5.56 Å². The molecule has 0 aromatic heterocycles. The summed E-state index contributed by atoms with van der Waals surface area (Å²) in [6, 6.07) is 12.0. The lowest BCUT2D eigenvalue weighted by atomic mass is 10.1. The van der Waals surface area contributed by atoms with Gasteiger partial charge in [-0.3, -0.25) is 4.79 Å². The number of aryl methyl sites for hydroxylation is 1. The van der Waals surface area contributed by atoms with Crippen LogP contribution in [0.15, 0.2) is 36.4 Å². The molecule has 3 rings (SSSR count). The molecular weight excluding hydrogens is 358 g/mol. The van der Waals surface area contributed by atoms with E-state index in [-0.39, 0.29) is 17.3 Å². The Morgan fingerprint density at radius 3 is 2.93 bits per heavy atom. The molecule has 0 saturated carbocycles. The lowest BCUT2D eigenvalue weighted by Crippen LogP contribution is -2.22. The molecule has 0 fully saturated rings. The highest BCUT2D eigenvalue weighted by Gasteiger charge is 2.22. The van der Waals surface area contributed by atoms with Gasteiger partial charge in [-0.2, -0.15) is 0 Å². The smallest absolute Gasteiger partial charge is 0.237 e. The number of anilines is 1. The molecule has 1 aliphatic rings. The molecule has 144 valence electrons. The SMILES string of the molecule is CCOc1cc2c(cc1CSC(C)C(=O)Nc1cccc(C)c1)OC(C)C2. The summed E-state index contributed by atoms with van der Waals surface area (Å²) >= 11 is 1.60. The van der Waals surface area contributed by atoms with Gasteiger partial charge in [0.15, 0.2) is 0 Å². The number of ether oxygens (including phenoxy) is 2. The van der Waals surface area contributed by atoms with Crippen LogP contribution in [0.2, 0.25) is 0 Å². The van der Waals surface area contributed by atoms with E-state index in [9.17, 15) is 4.79 Å². The normalized spacial score (nSPS) is 16.4. The molecule has 27 heavy (non-hydrogen) atoms. The molecule has 0 spiro atoms. The van der Waals surface area contributed by atoms with Gasteiger partial charge in [0.25, 0.3) is 0 Å². The quantitative estimate of drug-likeness (QED) is 0.730. The topological polar surface area (TPSA) is 47.6 Å². The number of hydrogen-bond acceptors (Lipinski definition) is 4. The Morgan fingerprint density at radius 2 is 2.19 bits per heavy atom. The number of thioether (sulfide) groups is 1. The van der Waals surface area contributed by atoms with Crippen molar-refractivity contribution in [2.45, 2.75) is 51.2 Å². The van der Waals surface area contributed by atoms with E-state index in [1.54, 1.807) is 11.8 Å². The number of carbonyl (C=O) groups excluding carboxylic acids is 1. The number of fused-ring (bicyclic) bond motifs is 1. The van der Waals surface area contributed by atoms with Crippen LogP contribution in [-0.2, 0) is 17.0 Å². The Hall–Kier alpha value is -2.14. The minimum Gasteiger partial charge on any atom is -0.494 e. The molecule has 4 nitrogen and oxygen atoms in total. The maximum atomic E-state index is 12.5. The van der Waals surface area contributed by atoms with E-state index in [0.29, 0.717) is 12.4 Å². The van der Waals surface area contributed by atoms with Gasteiger partial charge in [0, 0.05) is 29.0 Å². The van der Waals surface area contributed by atoms with E-state index < -0.39 is 0 Å². The van der Waals surface area contributed by atoms with E-state index in [4.69, 9.17) is 9.47 Å². The summed E-state index contributed by atoms with van der Waals surface area (Å²) in [5.74, 6) is 2.55. The molecule has 1 aliphatic heterocycles. The Morgan fingerprint density at radius 1 is 1.37 bits per heavy atom. The third kappa shape index (κ3) is 4.98. The summed E-state index contributed by atoms with van der Waals surface area (Å²) in [4.78, 5) is 12.5. The number of hydrogen-bond donors (Lipinski definition) is 1. The lowest BCUT2D eigenvalue weighted by Gasteiger charge is -2.15. The van der Waals surface area contributed by atoms with Crippen LogP contribution in [-0.4, -0.2) is 23.9 Å². The van der Waals surface area contributed by atoms with Crippen molar-refractivity contribution in [2.75, 3.05) is 11.9 Å². The number of nitrogens with one attached hydrogen (secondary N) is 1. The summed E-state index contributed by atoms with van der Waals surface area (Å²) < 4.78 is 11.7. The van der Waals surface area contributed by atoms with Crippen molar-refractivity contribution in [3.63, 3.8) is 0 Å². The molecule has 2 unspecified atom stereocenters. The Kier molecular flexibility index (Phi) is 6.32. The summed E-state index contributed by atoms with van der Waals surface area (Å²) in [7, 11) is 0. The van der Waals surface area contributed by atoms with Crippen molar-refractivity contribution in [3.8, 4) is 11.5 Å². The van der Waals surface area contributed by atoms with Gasteiger partial charge >= 0.3 is 0 Å². The zero-order chi connectivity index (χ0) is 19.4. The van der Waals surface area contributed by atoms with Crippen molar-refractivity contribution in [3.05, 3.63) is 53.1 Å². The molecule has 5 heteroatoms. The second-order valence-electron chi connectivity index (χ2n) is 6.95. The van der Waals surface area contributed by atoms with Crippen LogP contribution < -0.4 is 14.8 Å². The Bertz CT molecular complexity index is 821. The first kappa shape index (κ1) is 19.6. The minimum atomic E-state index is -0.173. The molecule has 1 N–H and O–H groups in total. The number of benzene rings is 2. The first-order valence-electron chi connectivity index (χ1n) is 9.40. The van der Waals surface area contributed by atoms with Crippen LogP contribution in [0.25, 0.3) is 0 Å². The summed E-state index contributed by atoms with van der Waals surface area (Å²) in [5.41, 5.74) is 4.24. The molecule has 2 aromatic rings. The highest BCUT2D eigenvalue weighted by molar-refractivity contribution is 7.99. The van der Waals surface area contributed by atoms with Crippen molar-refractivity contribution in [1.29, 1.82) is 0 Å². The molecule has 1 amide bonds. The molecule has 1 heterocycles. The first-order valence-corrected chi connectivity index (χ1v) is 10.5. The second kappa shape index (κ2) is 8.70. The van der Waals surface area contributed by atoms with Gasteiger partial charge < -0.3 is 14.8 Å². The van der Waals surface area contributed by atoms with Gasteiger partial charge in [-0.25, -0.2) is 0 Å². The fraction of sp³-hybridized carbons (Fsp3) is 0.409. The van der Waals surface area contributed by atoms with Crippen LogP contribution in [0.4, 0.5) is 5.69 Å². The lowest BCUT2D eigenvalue weighted by molar-refractivity contribution is -0.115. The van der Waals surface area contributed by atoms with E-state index >= 15 is 0 Å². The minimum absolute atomic E-state index is 0.00888. The van der Waals surface area contributed by atoms with Crippen LogP contribution in [0.1, 0.15) is 37.5 Å². The standard InChI is InChI=1S/C22H27NO3S/c1-5-25-20-11-17-10-15(3)26-21(17)12-18(20)13-27-16(4)22(24)23-19-8-6-7-14(2)9-19/h6-9,11-12,15-16H,5,10,13H2,1-4H3,(H,23,24). The third-order valence-corrected chi connectivity index (χ3v) is 5.71. The average molecular weight is 386 g/mol. The monoisotopic (exact) mass is 385 g/mol. The van der Waals surface area contributed by atoms with Gasteiger partial charge in [0.1, 0.15) is 17.6 Å². The molecule has 0 bridgehead atoms. The number of amides is 1.